The van der Waals surface area contributed by atoms with Gasteiger partial charge in [0.25, 0.3) is 0 Å². The van der Waals surface area contributed by atoms with Gasteiger partial charge < -0.3 is 10.1 Å². The van der Waals surface area contributed by atoms with E-state index in [2.05, 4.69) is 11.4 Å². The van der Waals surface area contributed by atoms with E-state index in [4.69, 9.17) is 4.74 Å². The highest BCUT2D eigenvalue weighted by molar-refractivity contribution is 5.96. The van der Waals surface area contributed by atoms with Crippen LogP contribution in [-0.2, 0) is 9.53 Å². The van der Waals surface area contributed by atoms with E-state index in [9.17, 15) is 4.79 Å². The van der Waals surface area contributed by atoms with Crippen LogP contribution in [0.15, 0.2) is 48.5 Å². The number of hydrogen-bond acceptors (Lipinski definition) is 2. The average molecular weight is 255 g/mol. The monoisotopic (exact) mass is 255 g/mol. The summed E-state index contributed by atoms with van der Waals surface area (Å²) in [5.74, 6) is -0.150. The highest BCUT2D eigenvalue weighted by Crippen LogP contribution is 2.28. The van der Waals surface area contributed by atoms with Crippen molar-refractivity contribution in [2.45, 2.75) is 6.92 Å². The SMILES string of the molecule is COCC(=O)Nc1ccc(C)cc1-c1ccccc1. The second-order valence-electron chi connectivity index (χ2n) is 4.40. The normalized spacial score (nSPS) is 10.2. The molecular weight excluding hydrogens is 238 g/mol. The lowest BCUT2D eigenvalue weighted by Gasteiger charge is -2.12. The Kier molecular flexibility index (Phi) is 4.31. The lowest BCUT2D eigenvalue weighted by atomic mass is 10.0. The van der Waals surface area contributed by atoms with Crippen LogP contribution in [0.2, 0.25) is 0 Å². The van der Waals surface area contributed by atoms with Crippen LogP contribution in [0.5, 0.6) is 0 Å². The lowest BCUT2D eigenvalue weighted by Crippen LogP contribution is -2.17. The molecule has 3 nitrogen and oxygen atoms in total. The molecule has 1 amide bonds. The van der Waals surface area contributed by atoms with Crippen LogP contribution in [0.25, 0.3) is 11.1 Å². The quantitative estimate of drug-likeness (QED) is 0.910. The Labute approximate surface area is 113 Å². The van der Waals surface area contributed by atoms with Crippen molar-refractivity contribution >= 4 is 11.6 Å². The fourth-order valence-electron chi connectivity index (χ4n) is 1.94. The van der Waals surface area contributed by atoms with E-state index in [-0.39, 0.29) is 12.5 Å². The summed E-state index contributed by atoms with van der Waals surface area (Å²) >= 11 is 0. The van der Waals surface area contributed by atoms with Crippen molar-refractivity contribution in [3.8, 4) is 11.1 Å². The van der Waals surface area contributed by atoms with Gasteiger partial charge in [0.1, 0.15) is 6.61 Å². The minimum Gasteiger partial charge on any atom is -0.375 e. The first-order valence-electron chi connectivity index (χ1n) is 6.15. The molecule has 2 aromatic carbocycles. The van der Waals surface area contributed by atoms with Gasteiger partial charge >= 0.3 is 0 Å². The third kappa shape index (κ3) is 3.42. The largest absolute Gasteiger partial charge is 0.375 e. The summed E-state index contributed by atoms with van der Waals surface area (Å²) < 4.78 is 4.83. The molecule has 0 unspecified atom stereocenters. The van der Waals surface area contributed by atoms with Crippen LogP contribution in [0.3, 0.4) is 0 Å². The standard InChI is InChI=1S/C16H17NO2/c1-12-8-9-15(17-16(18)11-19-2)14(10-12)13-6-4-3-5-7-13/h3-10H,11H2,1-2H3,(H,17,18). The van der Waals surface area contributed by atoms with Gasteiger partial charge in [-0.25, -0.2) is 0 Å². The number of methoxy groups -OCH3 is 1. The second kappa shape index (κ2) is 6.16. The number of rotatable bonds is 4. The van der Waals surface area contributed by atoms with Crippen LogP contribution in [0.4, 0.5) is 5.69 Å². The van der Waals surface area contributed by atoms with Gasteiger partial charge in [-0.05, 0) is 24.6 Å². The number of carbonyl (C=O) groups is 1. The molecule has 0 aliphatic heterocycles. The average Bonchev–Trinajstić information content (AvgIpc) is 2.42. The molecule has 3 heteroatoms. The van der Waals surface area contributed by atoms with Gasteiger partial charge in [-0.1, -0.05) is 42.0 Å². The van der Waals surface area contributed by atoms with Crippen molar-refractivity contribution in [3.63, 3.8) is 0 Å². The molecule has 0 spiro atoms. The fraction of sp³-hybridized carbons (Fsp3) is 0.188. The van der Waals surface area contributed by atoms with Gasteiger partial charge in [-0.3, -0.25) is 4.79 Å². The van der Waals surface area contributed by atoms with Crippen molar-refractivity contribution in [2.75, 3.05) is 19.0 Å². The molecule has 0 aliphatic rings. The first kappa shape index (κ1) is 13.3. The molecule has 0 saturated heterocycles. The smallest absolute Gasteiger partial charge is 0.250 e. The van der Waals surface area contributed by atoms with Gasteiger partial charge in [0, 0.05) is 18.4 Å². The molecule has 0 aliphatic carbocycles. The molecule has 19 heavy (non-hydrogen) atoms. The minimum atomic E-state index is -0.150. The van der Waals surface area contributed by atoms with Gasteiger partial charge in [0.2, 0.25) is 5.91 Å². The van der Waals surface area contributed by atoms with E-state index < -0.39 is 0 Å². The third-order valence-electron chi connectivity index (χ3n) is 2.81. The minimum absolute atomic E-state index is 0.0576. The molecule has 0 atom stereocenters. The van der Waals surface area contributed by atoms with Crippen molar-refractivity contribution in [2.24, 2.45) is 0 Å². The van der Waals surface area contributed by atoms with E-state index >= 15 is 0 Å². The Morgan fingerprint density at radius 1 is 1.16 bits per heavy atom. The number of ether oxygens (including phenoxy) is 1. The van der Waals surface area contributed by atoms with E-state index in [1.54, 1.807) is 0 Å². The van der Waals surface area contributed by atoms with E-state index in [0.717, 1.165) is 22.4 Å². The maximum Gasteiger partial charge on any atom is 0.250 e. The van der Waals surface area contributed by atoms with Crippen molar-refractivity contribution in [3.05, 3.63) is 54.1 Å². The zero-order chi connectivity index (χ0) is 13.7. The predicted molar refractivity (Wildman–Crippen MR) is 77.1 cm³/mol. The topological polar surface area (TPSA) is 38.3 Å². The Morgan fingerprint density at radius 3 is 2.58 bits per heavy atom. The molecule has 1 N–H and O–H groups in total. The Hall–Kier alpha value is -2.13. The van der Waals surface area contributed by atoms with Crippen LogP contribution >= 0.6 is 0 Å². The number of amides is 1. The molecule has 2 aromatic rings. The highest BCUT2D eigenvalue weighted by Gasteiger charge is 2.08. The number of anilines is 1. The molecule has 0 bridgehead atoms. The van der Waals surface area contributed by atoms with Crippen LogP contribution in [-0.4, -0.2) is 19.6 Å². The number of carbonyl (C=O) groups excluding carboxylic acids is 1. The van der Waals surface area contributed by atoms with Gasteiger partial charge in [-0.2, -0.15) is 0 Å². The van der Waals surface area contributed by atoms with Gasteiger partial charge in [0.05, 0.1) is 0 Å². The van der Waals surface area contributed by atoms with Crippen LogP contribution in [0, 0.1) is 6.92 Å². The number of benzene rings is 2. The Bertz CT molecular complexity index is 564. The predicted octanol–water partition coefficient (Wildman–Crippen LogP) is 3.25. The molecule has 0 aromatic heterocycles. The summed E-state index contributed by atoms with van der Waals surface area (Å²) in [6, 6.07) is 16.0. The van der Waals surface area contributed by atoms with Gasteiger partial charge in [0.15, 0.2) is 0 Å². The molecular formula is C16H17NO2. The molecule has 0 heterocycles. The molecule has 98 valence electrons. The van der Waals surface area contributed by atoms with E-state index in [1.807, 2.05) is 49.4 Å². The summed E-state index contributed by atoms with van der Waals surface area (Å²) in [5, 5.41) is 2.87. The Morgan fingerprint density at radius 2 is 1.89 bits per heavy atom. The summed E-state index contributed by atoms with van der Waals surface area (Å²) in [6.45, 7) is 2.09. The highest BCUT2D eigenvalue weighted by atomic mass is 16.5. The zero-order valence-corrected chi connectivity index (χ0v) is 11.1. The summed E-state index contributed by atoms with van der Waals surface area (Å²) in [4.78, 5) is 11.6. The van der Waals surface area contributed by atoms with Gasteiger partial charge in [-0.15, -0.1) is 0 Å². The van der Waals surface area contributed by atoms with E-state index in [0.29, 0.717) is 0 Å². The summed E-state index contributed by atoms with van der Waals surface area (Å²) in [7, 11) is 1.51. The molecule has 0 fully saturated rings. The summed E-state index contributed by atoms with van der Waals surface area (Å²) in [5.41, 5.74) is 4.06. The number of nitrogens with one attached hydrogen (secondary N) is 1. The van der Waals surface area contributed by atoms with Crippen LogP contribution < -0.4 is 5.32 Å². The molecule has 2 rings (SSSR count). The second-order valence-corrected chi connectivity index (χ2v) is 4.40. The molecule has 0 saturated carbocycles. The fourth-order valence-corrected chi connectivity index (χ4v) is 1.94. The number of aryl methyl sites for hydroxylation is 1. The maximum absolute atomic E-state index is 11.6. The van der Waals surface area contributed by atoms with Crippen molar-refractivity contribution < 1.29 is 9.53 Å². The number of hydrogen-bond donors (Lipinski definition) is 1. The zero-order valence-electron chi connectivity index (χ0n) is 11.1. The van der Waals surface area contributed by atoms with E-state index in [1.165, 1.54) is 7.11 Å². The first-order valence-corrected chi connectivity index (χ1v) is 6.15. The molecule has 0 radical (unpaired) electrons. The van der Waals surface area contributed by atoms with Crippen LogP contribution in [0.1, 0.15) is 5.56 Å². The third-order valence-corrected chi connectivity index (χ3v) is 2.81. The Balaban J connectivity index is 2.36. The first-order chi connectivity index (χ1) is 9.20. The van der Waals surface area contributed by atoms with Crippen molar-refractivity contribution in [1.29, 1.82) is 0 Å². The maximum atomic E-state index is 11.6. The lowest BCUT2D eigenvalue weighted by molar-refractivity contribution is -0.119. The van der Waals surface area contributed by atoms with Crippen molar-refractivity contribution in [1.82, 2.24) is 0 Å². The summed E-state index contributed by atoms with van der Waals surface area (Å²) in [6.07, 6.45) is 0.